The monoisotopic (exact) mass is 254 g/mol. The molecule has 2 N–H and O–H groups in total. The molecular formula is C12H18N2O2S. The summed E-state index contributed by atoms with van der Waals surface area (Å²) in [6.07, 6.45) is 0.617. The van der Waals surface area contributed by atoms with Crippen LogP contribution < -0.4 is 10.0 Å². The lowest BCUT2D eigenvalue weighted by Gasteiger charge is -2.21. The summed E-state index contributed by atoms with van der Waals surface area (Å²) < 4.78 is 26.0. The number of sulfonamides is 1. The number of nitrogens with zero attached hydrogens (tertiary/aromatic N) is 1. The fourth-order valence-corrected chi connectivity index (χ4v) is 4.06. The fourth-order valence-electron chi connectivity index (χ4n) is 2.22. The van der Waals surface area contributed by atoms with E-state index in [1.54, 1.807) is 0 Å². The zero-order valence-electron chi connectivity index (χ0n) is 10.2. The molecule has 94 valence electrons. The van der Waals surface area contributed by atoms with Crippen LogP contribution in [0.1, 0.15) is 17.5 Å². The Morgan fingerprint density at radius 1 is 1.41 bits per heavy atom. The van der Waals surface area contributed by atoms with E-state index in [0.717, 1.165) is 16.8 Å². The summed E-state index contributed by atoms with van der Waals surface area (Å²) in [5.74, 6) is 0. The normalized spacial score (nSPS) is 23.0. The van der Waals surface area contributed by atoms with Gasteiger partial charge in [-0.15, -0.1) is 0 Å². The third-order valence-corrected chi connectivity index (χ3v) is 5.75. The van der Waals surface area contributed by atoms with Gasteiger partial charge in [-0.05, 0) is 37.5 Å². The van der Waals surface area contributed by atoms with Crippen LogP contribution in [-0.4, -0.2) is 26.8 Å². The minimum atomic E-state index is -3.26. The number of anilines is 1. The van der Waals surface area contributed by atoms with Crippen LogP contribution in [0.4, 0.5) is 5.69 Å². The molecule has 0 amide bonds. The molecular weight excluding hydrogens is 236 g/mol. The second kappa shape index (κ2) is 4.31. The van der Waals surface area contributed by atoms with Crippen molar-refractivity contribution < 1.29 is 8.42 Å². The summed E-state index contributed by atoms with van der Waals surface area (Å²) in [5, 5.41) is -0.428. The molecule has 4 nitrogen and oxygen atoms in total. The summed E-state index contributed by atoms with van der Waals surface area (Å²) >= 11 is 0. The third kappa shape index (κ3) is 1.93. The molecule has 0 aliphatic carbocycles. The topological polar surface area (TPSA) is 63.4 Å². The number of hydrogen-bond donors (Lipinski definition) is 1. The molecule has 0 spiro atoms. The molecule has 0 radical (unpaired) electrons. The standard InChI is InChI=1S/C12H18N2O2S/c1-9-4-3-5-12(10(9)2)14-7-6-11(8-13)17(14,15)16/h3-5,11H,6-8,13H2,1-2H3/t11-/m1/s1. The van der Waals surface area contributed by atoms with Crippen LogP contribution in [0.2, 0.25) is 0 Å². The van der Waals surface area contributed by atoms with E-state index in [9.17, 15) is 8.42 Å². The van der Waals surface area contributed by atoms with Crippen LogP contribution >= 0.6 is 0 Å². The number of rotatable bonds is 2. The quantitative estimate of drug-likeness (QED) is 0.861. The summed E-state index contributed by atoms with van der Waals surface area (Å²) in [7, 11) is -3.26. The molecule has 5 heteroatoms. The largest absolute Gasteiger partial charge is 0.329 e. The van der Waals surface area contributed by atoms with Gasteiger partial charge in [0.25, 0.3) is 0 Å². The van der Waals surface area contributed by atoms with Gasteiger partial charge in [-0.2, -0.15) is 0 Å². The lowest BCUT2D eigenvalue weighted by atomic mass is 10.1. The van der Waals surface area contributed by atoms with Gasteiger partial charge in [-0.25, -0.2) is 8.42 Å². The van der Waals surface area contributed by atoms with Crippen LogP contribution in [0, 0.1) is 13.8 Å². The van der Waals surface area contributed by atoms with E-state index in [0.29, 0.717) is 13.0 Å². The van der Waals surface area contributed by atoms with Crippen LogP contribution in [0.5, 0.6) is 0 Å². The molecule has 1 aliphatic heterocycles. The van der Waals surface area contributed by atoms with Crippen molar-refractivity contribution in [3.8, 4) is 0 Å². The Labute approximate surface area is 102 Å². The van der Waals surface area contributed by atoms with Crippen molar-refractivity contribution in [1.82, 2.24) is 0 Å². The molecule has 0 saturated carbocycles. The molecule has 0 unspecified atom stereocenters. The third-order valence-electron chi connectivity index (χ3n) is 3.49. The zero-order valence-corrected chi connectivity index (χ0v) is 11.0. The molecule has 1 aromatic rings. The summed E-state index contributed by atoms with van der Waals surface area (Å²) in [5.41, 5.74) is 8.43. The first-order valence-electron chi connectivity index (χ1n) is 5.76. The Hall–Kier alpha value is -1.07. The minimum absolute atomic E-state index is 0.198. The Morgan fingerprint density at radius 3 is 2.71 bits per heavy atom. The first kappa shape index (κ1) is 12.4. The average Bonchev–Trinajstić information content (AvgIpc) is 2.57. The second-order valence-electron chi connectivity index (χ2n) is 4.48. The average molecular weight is 254 g/mol. The van der Waals surface area contributed by atoms with Crippen LogP contribution in [0.15, 0.2) is 18.2 Å². The van der Waals surface area contributed by atoms with Crippen LogP contribution in [0.3, 0.4) is 0 Å². The second-order valence-corrected chi connectivity index (χ2v) is 6.62. The number of nitrogens with two attached hydrogens (primary N) is 1. The van der Waals surface area contributed by atoms with Gasteiger partial charge in [0, 0.05) is 13.1 Å². The predicted molar refractivity (Wildman–Crippen MR) is 69.6 cm³/mol. The van der Waals surface area contributed by atoms with Gasteiger partial charge in [0.2, 0.25) is 10.0 Å². The molecule has 1 fully saturated rings. The minimum Gasteiger partial charge on any atom is -0.329 e. The zero-order chi connectivity index (χ0) is 12.6. The molecule has 17 heavy (non-hydrogen) atoms. The molecule has 0 bridgehead atoms. The molecule has 0 aromatic heterocycles. The van der Waals surface area contributed by atoms with Crippen molar-refractivity contribution in [3.63, 3.8) is 0 Å². The summed E-state index contributed by atoms with van der Waals surface area (Å²) in [6, 6.07) is 5.74. The molecule has 1 saturated heterocycles. The van der Waals surface area contributed by atoms with E-state index in [-0.39, 0.29) is 6.54 Å². The predicted octanol–water partition coefficient (Wildman–Crippen LogP) is 1.17. The van der Waals surface area contributed by atoms with Gasteiger partial charge in [0.15, 0.2) is 0 Å². The molecule has 1 aliphatic rings. The van der Waals surface area contributed by atoms with Gasteiger partial charge in [0.1, 0.15) is 0 Å². The highest BCUT2D eigenvalue weighted by molar-refractivity contribution is 7.93. The van der Waals surface area contributed by atoms with E-state index < -0.39 is 15.3 Å². The van der Waals surface area contributed by atoms with Crippen LogP contribution in [0.25, 0.3) is 0 Å². The molecule has 1 aromatic carbocycles. The van der Waals surface area contributed by atoms with Crippen LogP contribution in [-0.2, 0) is 10.0 Å². The van der Waals surface area contributed by atoms with E-state index in [1.807, 2.05) is 32.0 Å². The van der Waals surface area contributed by atoms with Gasteiger partial charge in [0.05, 0.1) is 10.9 Å². The van der Waals surface area contributed by atoms with Crippen molar-refractivity contribution in [3.05, 3.63) is 29.3 Å². The number of benzene rings is 1. The Morgan fingerprint density at radius 2 is 2.12 bits per heavy atom. The van der Waals surface area contributed by atoms with Gasteiger partial charge in [-0.3, -0.25) is 4.31 Å². The maximum Gasteiger partial charge on any atom is 0.239 e. The maximum absolute atomic E-state index is 12.2. The lowest BCUT2D eigenvalue weighted by Crippen LogP contribution is -2.33. The first-order valence-corrected chi connectivity index (χ1v) is 7.26. The van der Waals surface area contributed by atoms with Gasteiger partial charge >= 0.3 is 0 Å². The van der Waals surface area contributed by atoms with Gasteiger partial charge in [-0.1, -0.05) is 12.1 Å². The van der Waals surface area contributed by atoms with Crippen molar-refractivity contribution >= 4 is 15.7 Å². The molecule has 1 heterocycles. The Kier molecular flexibility index (Phi) is 3.14. The molecule has 2 rings (SSSR count). The van der Waals surface area contributed by atoms with E-state index in [4.69, 9.17) is 5.73 Å². The van der Waals surface area contributed by atoms with E-state index in [2.05, 4.69) is 0 Å². The smallest absolute Gasteiger partial charge is 0.239 e. The Bertz CT molecular complexity index is 525. The Balaban J connectivity index is 2.46. The highest BCUT2D eigenvalue weighted by Crippen LogP contribution is 2.31. The van der Waals surface area contributed by atoms with E-state index in [1.165, 1.54) is 4.31 Å². The van der Waals surface area contributed by atoms with E-state index >= 15 is 0 Å². The molecule has 1 atom stereocenters. The summed E-state index contributed by atoms with van der Waals surface area (Å²) in [6.45, 7) is 4.68. The highest BCUT2D eigenvalue weighted by atomic mass is 32.2. The maximum atomic E-state index is 12.2. The SMILES string of the molecule is Cc1cccc(N2CC[C@H](CN)S2(=O)=O)c1C. The first-order chi connectivity index (χ1) is 7.98. The van der Waals surface area contributed by atoms with Gasteiger partial charge < -0.3 is 5.73 Å². The van der Waals surface area contributed by atoms with Crippen molar-refractivity contribution in [2.24, 2.45) is 5.73 Å². The summed E-state index contributed by atoms with van der Waals surface area (Å²) in [4.78, 5) is 0. The van der Waals surface area contributed by atoms with Crippen molar-refractivity contribution in [1.29, 1.82) is 0 Å². The number of aryl methyl sites for hydroxylation is 1. The fraction of sp³-hybridized carbons (Fsp3) is 0.500. The van der Waals surface area contributed by atoms with Crippen molar-refractivity contribution in [2.75, 3.05) is 17.4 Å². The lowest BCUT2D eigenvalue weighted by molar-refractivity contribution is 0.588. The number of hydrogen-bond acceptors (Lipinski definition) is 3. The van der Waals surface area contributed by atoms with Crippen molar-refractivity contribution in [2.45, 2.75) is 25.5 Å². The highest BCUT2D eigenvalue weighted by Gasteiger charge is 2.38.